The van der Waals surface area contributed by atoms with E-state index in [9.17, 15) is 5.11 Å². The first kappa shape index (κ1) is 17.6. The molecule has 0 saturated heterocycles. The Morgan fingerprint density at radius 1 is 1.31 bits per heavy atom. The Morgan fingerprint density at radius 2 is 2.08 bits per heavy atom. The third-order valence-electron chi connectivity index (χ3n) is 5.25. The van der Waals surface area contributed by atoms with Gasteiger partial charge in [0.05, 0.1) is 13.2 Å². The molecule has 26 heavy (non-hydrogen) atoms. The van der Waals surface area contributed by atoms with Gasteiger partial charge in [-0.15, -0.1) is 0 Å². The molecular weight excluding hydrogens is 398 g/mol. The maximum absolute atomic E-state index is 10.8. The van der Waals surface area contributed by atoms with Crippen LogP contribution in [0.25, 0.3) is 0 Å². The van der Waals surface area contributed by atoms with E-state index in [1.165, 1.54) is 5.56 Å². The number of aliphatic hydroxyl groups is 1. The van der Waals surface area contributed by atoms with Crippen LogP contribution in [0, 0.1) is 0 Å². The first-order valence-electron chi connectivity index (χ1n) is 8.71. The lowest BCUT2D eigenvalue weighted by atomic mass is 9.87. The van der Waals surface area contributed by atoms with Crippen molar-refractivity contribution in [2.75, 3.05) is 27.5 Å². The van der Waals surface area contributed by atoms with Crippen molar-refractivity contribution in [1.82, 2.24) is 4.90 Å². The van der Waals surface area contributed by atoms with E-state index in [1.54, 1.807) is 7.11 Å². The molecule has 2 aromatic rings. The van der Waals surface area contributed by atoms with E-state index < -0.39 is 6.10 Å². The molecule has 5 nitrogen and oxygen atoms in total. The van der Waals surface area contributed by atoms with Crippen LogP contribution in [0.15, 0.2) is 34.8 Å². The summed E-state index contributed by atoms with van der Waals surface area (Å²) < 4.78 is 17.9. The summed E-state index contributed by atoms with van der Waals surface area (Å²) in [5.74, 6) is 2.15. The van der Waals surface area contributed by atoms with E-state index in [2.05, 4.69) is 33.9 Å². The minimum Gasteiger partial charge on any atom is -0.492 e. The third-order valence-corrected chi connectivity index (χ3v) is 5.78. The number of nitrogens with zero attached hydrogens (tertiary/aromatic N) is 1. The Labute approximate surface area is 161 Å². The lowest BCUT2D eigenvalue weighted by Gasteiger charge is -2.37. The molecular formula is C20H22BrNO4. The second-order valence-electron chi connectivity index (χ2n) is 6.77. The van der Waals surface area contributed by atoms with Crippen LogP contribution in [0.1, 0.15) is 35.3 Å². The molecule has 0 amide bonds. The average Bonchev–Trinajstić information content (AvgIpc) is 3.11. The molecule has 2 atom stereocenters. The van der Waals surface area contributed by atoms with Gasteiger partial charge < -0.3 is 19.3 Å². The van der Waals surface area contributed by atoms with Crippen LogP contribution in [0.3, 0.4) is 0 Å². The molecule has 0 bridgehead atoms. The molecule has 0 unspecified atom stereocenters. The maximum Gasteiger partial charge on any atom is 0.231 e. The number of hydrogen-bond acceptors (Lipinski definition) is 5. The number of aliphatic hydroxyl groups excluding tert-OH is 1. The van der Waals surface area contributed by atoms with Gasteiger partial charge in [-0.25, -0.2) is 0 Å². The van der Waals surface area contributed by atoms with Gasteiger partial charge in [-0.2, -0.15) is 0 Å². The molecule has 2 aliphatic rings. The van der Waals surface area contributed by atoms with E-state index in [-0.39, 0.29) is 12.8 Å². The van der Waals surface area contributed by atoms with Crippen molar-refractivity contribution >= 4 is 15.9 Å². The Bertz CT molecular complexity index is 808. The number of likely N-dealkylation sites (N-methyl/N-ethyl adjacent to an activating group) is 1. The second kappa shape index (κ2) is 7.10. The van der Waals surface area contributed by atoms with Crippen LogP contribution < -0.4 is 14.2 Å². The number of benzene rings is 2. The molecule has 2 heterocycles. The standard InChI is InChI=1S/C20H22BrNO4/c1-22-8-7-13-9-17-19(26-11-25-17)20(24-2)18(13)15(22)10-16(23)12-3-5-14(21)6-4-12/h3-6,9,15-16,23H,7-8,10-11H2,1-2H3/t15-,16+/m1/s1. The monoisotopic (exact) mass is 419 g/mol. The fourth-order valence-electron chi connectivity index (χ4n) is 3.86. The van der Waals surface area contributed by atoms with Crippen LogP contribution in [0.2, 0.25) is 0 Å². The average molecular weight is 420 g/mol. The summed E-state index contributed by atoms with van der Waals surface area (Å²) in [7, 11) is 3.75. The molecule has 1 N–H and O–H groups in total. The van der Waals surface area contributed by atoms with Crippen molar-refractivity contribution < 1.29 is 19.3 Å². The fraction of sp³-hybridized carbons (Fsp3) is 0.400. The minimum atomic E-state index is -0.559. The molecule has 0 radical (unpaired) electrons. The molecule has 0 fully saturated rings. The van der Waals surface area contributed by atoms with Gasteiger partial charge in [0.1, 0.15) is 0 Å². The zero-order chi connectivity index (χ0) is 18.3. The van der Waals surface area contributed by atoms with Crippen molar-refractivity contribution in [3.8, 4) is 17.2 Å². The van der Waals surface area contributed by atoms with E-state index in [0.29, 0.717) is 12.2 Å². The zero-order valence-corrected chi connectivity index (χ0v) is 16.5. The van der Waals surface area contributed by atoms with E-state index in [4.69, 9.17) is 14.2 Å². The SMILES string of the molecule is COc1c2c(cc3c1[C@@H](C[C@H](O)c1ccc(Br)cc1)N(C)CC3)OCO2. The highest BCUT2D eigenvalue weighted by atomic mass is 79.9. The smallest absolute Gasteiger partial charge is 0.231 e. The van der Waals surface area contributed by atoms with Crippen molar-refractivity contribution in [1.29, 1.82) is 0 Å². The highest BCUT2D eigenvalue weighted by Gasteiger charge is 2.35. The zero-order valence-electron chi connectivity index (χ0n) is 14.9. The fourth-order valence-corrected chi connectivity index (χ4v) is 4.12. The summed E-state index contributed by atoms with van der Waals surface area (Å²) >= 11 is 3.44. The minimum absolute atomic E-state index is 0.0434. The van der Waals surface area contributed by atoms with Crippen LogP contribution in [-0.2, 0) is 6.42 Å². The normalized spacial score (nSPS) is 19.9. The van der Waals surface area contributed by atoms with Gasteiger partial charge in [0.2, 0.25) is 12.5 Å². The predicted octanol–water partition coefficient (Wildman–Crippen LogP) is 3.84. The van der Waals surface area contributed by atoms with Crippen LogP contribution in [0.4, 0.5) is 0 Å². The summed E-state index contributed by atoms with van der Waals surface area (Å²) in [6, 6.07) is 9.92. The molecule has 6 heteroatoms. The number of ether oxygens (including phenoxy) is 3. The van der Waals surface area contributed by atoms with Gasteiger partial charge in [-0.3, -0.25) is 4.90 Å². The molecule has 138 valence electrons. The highest BCUT2D eigenvalue weighted by molar-refractivity contribution is 9.10. The number of rotatable bonds is 4. The first-order valence-corrected chi connectivity index (χ1v) is 9.51. The molecule has 0 aromatic heterocycles. The second-order valence-corrected chi connectivity index (χ2v) is 7.68. The summed E-state index contributed by atoms with van der Waals surface area (Å²) in [5, 5.41) is 10.8. The molecule has 0 saturated carbocycles. The Hall–Kier alpha value is -1.76. The van der Waals surface area contributed by atoms with Crippen molar-refractivity contribution in [2.45, 2.75) is 25.0 Å². The van der Waals surface area contributed by atoms with Gasteiger partial charge in [0.15, 0.2) is 11.5 Å². The van der Waals surface area contributed by atoms with Crippen LogP contribution in [-0.4, -0.2) is 37.5 Å². The predicted molar refractivity (Wildman–Crippen MR) is 102 cm³/mol. The summed E-state index contributed by atoms with van der Waals surface area (Å²) in [6.45, 7) is 1.14. The lowest BCUT2D eigenvalue weighted by Crippen LogP contribution is -2.33. The molecule has 0 aliphatic carbocycles. The summed E-state index contributed by atoms with van der Waals surface area (Å²) in [4.78, 5) is 2.27. The topological polar surface area (TPSA) is 51.2 Å². The van der Waals surface area contributed by atoms with Gasteiger partial charge >= 0.3 is 0 Å². The Kier molecular flexibility index (Phi) is 4.82. The third kappa shape index (κ3) is 3.06. The highest BCUT2D eigenvalue weighted by Crippen LogP contribution is 2.50. The van der Waals surface area contributed by atoms with Crippen molar-refractivity contribution in [3.63, 3.8) is 0 Å². The molecule has 2 aliphatic heterocycles. The van der Waals surface area contributed by atoms with Gasteiger partial charge in [-0.05, 0) is 49.2 Å². The maximum atomic E-state index is 10.8. The Balaban J connectivity index is 1.70. The largest absolute Gasteiger partial charge is 0.492 e. The summed E-state index contributed by atoms with van der Waals surface area (Å²) in [5.41, 5.74) is 3.22. The number of halogens is 1. The number of hydrogen-bond donors (Lipinski definition) is 1. The first-order chi connectivity index (χ1) is 12.6. The van der Waals surface area contributed by atoms with Gasteiger partial charge in [0, 0.05) is 22.6 Å². The van der Waals surface area contributed by atoms with Crippen LogP contribution in [0.5, 0.6) is 17.2 Å². The number of fused-ring (bicyclic) bond motifs is 2. The van der Waals surface area contributed by atoms with Crippen molar-refractivity contribution in [3.05, 3.63) is 51.5 Å². The Morgan fingerprint density at radius 3 is 2.81 bits per heavy atom. The van der Waals surface area contributed by atoms with Crippen molar-refractivity contribution in [2.24, 2.45) is 0 Å². The summed E-state index contributed by atoms with van der Waals surface area (Å²) in [6.07, 6.45) is 0.946. The number of methoxy groups -OCH3 is 1. The molecule has 0 spiro atoms. The van der Waals surface area contributed by atoms with Gasteiger partial charge in [-0.1, -0.05) is 28.1 Å². The quantitative estimate of drug-likeness (QED) is 0.815. The van der Waals surface area contributed by atoms with Crippen LogP contribution >= 0.6 is 15.9 Å². The lowest BCUT2D eigenvalue weighted by molar-refractivity contribution is 0.107. The van der Waals surface area contributed by atoms with E-state index in [1.807, 2.05) is 24.3 Å². The molecule has 2 aromatic carbocycles. The van der Waals surface area contributed by atoms with Gasteiger partial charge in [0.25, 0.3) is 0 Å². The van der Waals surface area contributed by atoms with E-state index in [0.717, 1.165) is 40.1 Å². The van der Waals surface area contributed by atoms with E-state index >= 15 is 0 Å². The molecule has 4 rings (SSSR count).